The van der Waals surface area contributed by atoms with E-state index in [2.05, 4.69) is 15.0 Å². The molecule has 1 atom stereocenters. The molecule has 0 saturated carbocycles. The molecule has 114 valence electrons. The predicted octanol–water partition coefficient (Wildman–Crippen LogP) is 3.02. The molecule has 2 aromatic heterocycles. The van der Waals surface area contributed by atoms with Gasteiger partial charge in [-0.05, 0) is 23.8 Å². The minimum atomic E-state index is -0.651. The summed E-state index contributed by atoms with van der Waals surface area (Å²) in [6.45, 7) is 0. The summed E-state index contributed by atoms with van der Waals surface area (Å²) < 4.78 is 1.92. The Kier molecular flexibility index (Phi) is 3.40. The molecule has 0 bridgehead atoms. The fourth-order valence-corrected chi connectivity index (χ4v) is 2.68. The van der Waals surface area contributed by atoms with Crippen LogP contribution in [0.5, 0.6) is 0 Å². The van der Waals surface area contributed by atoms with Gasteiger partial charge in [-0.3, -0.25) is 0 Å². The van der Waals surface area contributed by atoms with Crippen molar-refractivity contribution in [3.8, 4) is 5.69 Å². The Morgan fingerprint density at radius 1 is 1.13 bits per heavy atom. The molecule has 0 saturated heterocycles. The van der Waals surface area contributed by atoms with Gasteiger partial charge in [0.25, 0.3) is 0 Å². The van der Waals surface area contributed by atoms with Crippen LogP contribution in [0.3, 0.4) is 0 Å². The number of H-pyrrole nitrogens is 1. The second kappa shape index (κ2) is 5.70. The summed E-state index contributed by atoms with van der Waals surface area (Å²) in [5.74, 6) is 0.589. The molecule has 4 rings (SSSR count). The smallest absolute Gasteiger partial charge is 0.136 e. The molecule has 2 heterocycles. The highest BCUT2D eigenvalue weighted by atomic mass is 16.3. The molecule has 23 heavy (non-hydrogen) atoms. The zero-order valence-corrected chi connectivity index (χ0v) is 12.4. The van der Waals surface area contributed by atoms with Crippen LogP contribution in [0.1, 0.15) is 17.5 Å². The zero-order valence-electron chi connectivity index (χ0n) is 12.4. The number of hydrogen-bond acceptors (Lipinski definition) is 3. The predicted molar refractivity (Wildman–Crippen MR) is 88.3 cm³/mol. The van der Waals surface area contributed by atoms with Crippen LogP contribution in [0, 0.1) is 0 Å². The lowest BCUT2D eigenvalue weighted by atomic mass is 10.1. The molecule has 1 unspecified atom stereocenters. The maximum Gasteiger partial charge on any atom is 0.136 e. The van der Waals surface area contributed by atoms with E-state index < -0.39 is 6.10 Å². The first-order valence-corrected chi connectivity index (χ1v) is 7.49. The lowest BCUT2D eigenvalue weighted by Gasteiger charge is -2.07. The highest BCUT2D eigenvalue weighted by molar-refractivity contribution is 5.77. The second-order valence-electron chi connectivity index (χ2n) is 5.50. The quantitative estimate of drug-likeness (QED) is 0.609. The number of aromatic nitrogens is 4. The first-order valence-electron chi connectivity index (χ1n) is 7.49. The maximum atomic E-state index is 10.4. The van der Waals surface area contributed by atoms with Crippen molar-refractivity contribution in [1.29, 1.82) is 0 Å². The van der Waals surface area contributed by atoms with Crippen molar-refractivity contribution in [1.82, 2.24) is 19.5 Å². The van der Waals surface area contributed by atoms with Crippen LogP contribution in [-0.2, 0) is 6.42 Å². The molecule has 5 nitrogen and oxygen atoms in total. The van der Waals surface area contributed by atoms with Crippen LogP contribution < -0.4 is 0 Å². The van der Waals surface area contributed by atoms with E-state index in [-0.39, 0.29) is 0 Å². The van der Waals surface area contributed by atoms with Crippen molar-refractivity contribution < 1.29 is 5.11 Å². The third kappa shape index (κ3) is 2.74. The van der Waals surface area contributed by atoms with Gasteiger partial charge >= 0.3 is 0 Å². The number of imidazole rings is 2. The molecule has 2 aromatic carbocycles. The second-order valence-corrected chi connectivity index (χ2v) is 5.50. The minimum absolute atomic E-state index is 0.537. The largest absolute Gasteiger partial charge is 0.385 e. The van der Waals surface area contributed by atoms with Gasteiger partial charge in [0, 0.05) is 24.5 Å². The van der Waals surface area contributed by atoms with Crippen LogP contribution in [-0.4, -0.2) is 24.6 Å². The van der Waals surface area contributed by atoms with Gasteiger partial charge in [-0.1, -0.05) is 30.3 Å². The van der Waals surface area contributed by atoms with E-state index in [1.54, 1.807) is 12.5 Å². The normalized spacial score (nSPS) is 12.6. The van der Waals surface area contributed by atoms with Crippen molar-refractivity contribution in [2.75, 3.05) is 0 Å². The Balaban J connectivity index is 1.63. The Bertz CT molecular complexity index is 913. The number of hydrogen-bond donors (Lipinski definition) is 2. The van der Waals surface area contributed by atoms with E-state index in [1.165, 1.54) is 0 Å². The van der Waals surface area contributed by atoms with E-state index >= 15 is 0 Å². The maximum absolute atomic E-state index is 10.4. The van der Waals surface area contributed by atoms with Gasteiger partial charge < -0.3 is 14.7 Å². The van der Waals surface area contributed by atoms with E-state index in [4.69, 9.17) is 0 Å². The van der Waals surface area contributed by atoms with Gasteiger partial charge in [-0.25, -0.2) is 9.97 Å². The van der Waals surface area contributed by atoms with Gasteiger partial charge in [-0.2, -0.15) is 0 Å². The fourth-order valence-electron chi connectivity index (χ4n) is 2.68. The third-order valence-corrected chi connectivity index (χ3v) is 3.88. The summed E-state index contributed by atoms with van der Waals surface area (Å²) in [6.07, 6.45) is 5.26. The summed E-state index contributed by atoms with van der Waals surface area (Å²) in [4.78, 5) is 11.8. The van der Waals surface area contributed by atoms with Gasteiger partial charge in [0.1, 0.15) is 11.9 Å². The summed E-state index contributed by atoms with van der Waals surface area (Å²) in [5.41, 5.74) is 3.82. The molecular weight excluding hydrogens is 288 g/mol. The summed E-state index contributed by atoms with van der Waals surface area (Å²) in [6, 6.07) is 15.9. The molecule has 4 aromatic rings. The number of fused-ring (bicyclic) bond motifs is 1. The van der Waals surface area contributed by atoms with Crippen molar-refractivity contribution in [3.05, 3.63) is 78.6 Å². The van der Waals surface area contributed by atoms with E-state index in [1.807, 2.05) is 59.3 Å². The molecule has 5 heteroatoms. The van der Waals surface area contributed by atoms with Gasteiger partial charge in [0.2, 0.25) is 0 Å². The molecule has 0 aliphatic heterocycles. The number of aromatic amines is 1. The molecule has 0 amide bonds. The average molecular weight is 304 g/mol. The standard InChI is InChI=1S/C18H16N4O/c23-17(10-13-4-2-1-3-5-13)18-20-15-7-6-14(11-16(15)21-18)22-9-8-19-12-22/h1-9,11-12,17,23H,10H2,(H,20,21). The lowest BCUT2D eigenvalue weighted by Crippen LogP contribution is -2.03. The summed E-state index contributed by atoms with van der Waals surface area (Å²) >= 11 is 0. The SMILES string of the molecule is OC(Cc1ccccc1)c1nc2cc(-n3ccnc3)ccc2[nH]1. The number of benzene rings is 2. The topological polar surface area (TPSA) is 66.7 Å². The van der Waals surface area contributed by atoms with E-state index in [0.717, 1.165) is 22.3 Å². The summed E-state index contributed by atoms with van der Waals surface area (Å²) in [5, 5.41) is 10.4. The monoisotopic (exact) mass is 304 g/mol. The van der Waals surface area contributed by atoms with E-state index in [9.17, 15) is 5.11 Å². The molecule has 0 fully saturated rings. The Morgan fingerprint density at radius 3 is 2.78 bits per heavy atom. The third-order valence-electron chi connectivity index (χ3n) is 3.88. The number of rotatable bonds is 4. The molecular formula is C18H16N4O. The van der Waals surface area contributed by atoms with Crippen LogP contribution in [0.2, 0.25) is 0 Å². The first-order chi connectivity index (χ1) is 11.3. The molecule has 0 spiro atoms. The minimum Gasteiger partial charge on any atom is -0.385 e. The Labute approximate surface area is 133 Å². The number of nitrogens with zero attached hydrogens (tertiary/aromatic N) is 3. The highest BCUT2D eigenvalue weighted by Crippen LogP contribution is 2.21. The molecule has 2 N–H and O–H groups in total. The Morgan fingerprint density at radius 2 is 2.00 bits per heavy atom. The first kappa shape index (κ1) is 13.7. The number of aliphatic hydroxyl groups is 1. The average Bonchev–Trinajstić information content (AvgIpc) is 3.24. The Hall–Kier alpha value is -2.92. The van der Waals surface area contributed by atoms with Gasteiger partial charge in [0.05, 0.1) is 17.4 Å². The van der Waals surface area contributed by atoms with Crippen LogP contribution >= 0.6 is 0 Å². The zero-order chi connectivity index (χ0) is 15.6. The van der Waals surface area contributed by atoms with Crippen molar-refractivity contribution in [2.24, 2.45) is 0 Å². The van der Waals surface area contributed by atoms with Gasteiger partial charge in [-0.15, -0.1) is 0 Å². The highest BCUT2D eigenvalue weighted by Gasteiger charge is 2.13. The van der Waals surface area contributed by atoms with Crippen molar-refractivity contribution >= 4 is 11.0 Å². The van der Waals surface area contributed by atoms with Gasteiger partial charge in [0.15, 0.2) is 0 Å². The van der Waals surface area contributed by atoms with Crippen LogP contribution in [0.25, 0.3) is 16.7 Å². The number of nitrogens with one attached hydrogen (secondary N) is 1. The van der Waals surface area contributed by atoms with E-state index in [0.29, 0.717) is 12.2 Å². The lowest BCUT2D eigenvalue weighted by molar-refractivity contribution is 0.170. The fraction of sp³-hybridized carbons (Fsp3) is 0.111. The van der Waals surface area contributed by atoms with Crippen molar-refractivity contribution in [3.63, 3.8) is 0 Å². The van der Waals surface area contributed by atoms with Crippen LogP contribution in [0.15, 0.2) is 67.3 Å². The molecule has 0 aliphatic rings. The van der Waals surface area contributed by atoms with Crippen LogP contribution in [0.4, 0.5) is 0 Å². The number of aliphatic hydroxyl groups excluding tert-OH is 1. The molecule has 0 radical (unpaired) electrons. The molecule has 0 aliphatic carbocycles. The summed E-state index contributed by atoms with van der Waals surface area (Å²) in [7, 11) is 0. The van der Waals surface area contributed by atoms with Crippen molar-refractivity contribution in [2.45, 2.75) is 12.5 Å².